The molecule has 1 heterocycles. The fourth-order valence-corrected chi connectivity index (χ4v) is 2.80. The second-order valence-corrected chi connectivity index (χ2v) is 6.21. The summed E-state index contributed by atoms with van der Waals surface area (Å²) >= 11 is 1.38. The lowest BCUT2D eigenvalue weighted by Crippen LogP contribution is -2.19. The minimum absolute atomic E-state index is 0.0617. The Morgan fingerprint density at radius 2 is 1.90 bits per heavy atom. The van der Waals surface area contributed by atoms with Gasteiger partial charge in [0.2, 0.25) is 11.6 Å². The Morgan fingerprint density at radius 3 is 2.43 bits per heavy atom. The highest BCUT2D eigenvalue weighted by Crippen LogP contribution is 2.34. The van der Waals surface area contributed by atoms with Crippen LogP contribution in [0.2, 0.25) is 0 Å². The third-order valence-corrected chi connectivity index (χ3v) is 3.90. The van der Waals surface area contributed by atoms with Gasteiger partial charge in [-0.05, 0) is 32.9 Å². The maximum atomic E-state index is 11.4. The number of hydrogen-bond acceptors (Lipinski definition) is 7. The number of nitrogens with zero attached hydrogens (tertiary/aromatic N) is 3. The second-order valence-electron chi connectivity index (χ2n) is 5.44. The van der Waals surface area contributed by atoms with Crippen LogP contribution in [0.5, 0.6) is 0 Å². The van der Waals surface area contributed by atoms with Crippen molar-refractivity contribution >= 4 is 29.1 Å². The number of thioether (sulfide) groups is 1. The van der Waals surface area contributed by atoms with E-state index in [9.17, 15) is 10.1 Å². The zero-order chi connectivity index (χ0) is 15.4. The van der Waals surface area contributed by atoms with E-state index in [1.807, 2.05) is 20.1 Å². The molecular weight excluding hydrogens is 290 g/mol. The SMILES string of the molecule is CSc1nc(NC(C)C)c([N+](=O)[O-])c(NC2CCCC2)n1. The van der Waals surface area contributed by atoms with Crippen LogP contribution in [0.4, 0.5) is 17.3 Å². The van der Waals surface area contributed by atoms with Crippen LogP contribution >= 0.6 is 11.8 Å². The summed E-state index contributed by atoms with van der Waals surface area (Å²) in [5, 5.41) is 18.2. The minimum atomic E-state index is -0.411. The predicted molar refractivity (Wildman–Crippen MR) is 85.1 cm³/mol. The van der Waals surface area contributed by atoms with Gasteiger partial charge in [-0.3, -0.25) is 10.1 Å². The van der Waals surface area contributed by atoms with Gasteiger partial charge in [0.1, 0.15) is 0 Å². The lowest BCUT2D eigenvalue weighted by molar-refractivity contribution is -0.383. The van der Waals surface area contributed by atoms with Crippen LogP contribution in [0.1, 0.15) is 39.5 Å². The number of nitrogens with one attached hydrogen (secondary N) is 2. The highest BCUT2D eigenvalue weighted by atomic mass is 32.2. The monoisotopic (exact) mass is 311 g/mol. The second kappa shape index (κ2) is 6.93. The molecule has 1 saturated carbocycles. The van der Waals surface area contributed by atoms with E-state index in [1.54, 1.807) is 0 Å². The van der Waals surface area contributed by atoms with Crippen molar-refractivity contribution in [3.63, 3.8) is 0 Å². The number of hydrogen-bond donors (Lipinski definition) is 2. The van der Waals surface area contributed by atoms with E-state index in [2.05, 4.69) is 20.6 Å². The molecule has 0 amide bonds. The topological polar surface area (TPSA) is 93.0 Å². The molecule has 1 aliphatic rings. The normalized spacial score (nSPS) is 15.4. The molecule has 0 atom stereocenters. The highest BCUT2D eigenvalue weighted by molar-refractivity contribution is 7.98. The number of aromatic nitrogens is 2. The molecule has 0 aliphatic heterocycles. The summed E-state index contributed by atoms with van der Waals surface area (Å²) in [5.74, 6) is 0.615. The molecule has 1 fully saturated rings. The molecule has 0 saturated heterocycles. The van der Waals surface area contributed by atoms with Gasteiger partial charge in [-0.1, -0.05) is 24.6 Å². The Morgan fingerprint density at radius 1 is 1.29 bits per heavy atom. The van der Waals surface area contributed by atoms with Gasteiger partial charge >= 0.3 is 5.69 Å². The maximum Gasteiger partial charge on any atom is 0.353 e. The summed E-state index contributed by atoms with van der Waals surface area (Å²) in [6.45, 7) is 3.85. The molecule has 0 bridgehead atoms. The van der Waals surface area contributed by atoms with Crippen LogP contribution in [0, 0.1) is 10.1 Å². The first-order valence-electron chi connectivity index (χ1n) is 7.14. The predicted octanol–water partition coefficient (Wildman–Crippen LogP) is 3.28. The lowest BCUT2D eigenvalue weighted by atomic mass is 10.2. The zero-order valence-corrected chi connectivity index (χ0v) is 13.4. The molecule has 0 spiro atoms. The molecular formula is C13H21N5O2S. The average molecular weight is 311 g/mol. The van der Waals surface area contributed by atoms with Crippen LogP contribution in [-0.4, -0.2) is 33.2 Å². The van der Waals surface area contributed by atoms with Gasteiger partial charge < -0.3 is 10.6 Å². The Balaban J connectivity index is 2.40. The largest absolute Gasteiger partial charge is 0.362 e. The van der Waals surface area contributed by atoms with E-state index < -0.39 is 4.92 Å². The Kier molecular flexibility index (Phi) is 5.22. The van der Waals surface area contributed by atoms with Crippen LogP contribution in [0.25, 0.3) is 0 Å². The van der Waals surface area contributed by atoms with Crippen LogP contribution in [-0.2, 0) is 0 Å². The molecule has 8 heteroatoms. The molecule has 2 N–H and O–H groups in total. The molecule has 1 aliphatic carbocycles. The summed E-state index contributed by atoms with van der Waals surface area (Å²) in [4.78, 5) is 19.6. The highest BCUT2D eigenvalue weighted by Gasteiger charge is 2.27. The Labute approximate surface area is 128 Å². The van der Waals surface area contributed by atoms with E-state index >= 15 is 0 Å². The van der Waals surface area contributed by atoms with Gasteiger partial charge in [-0.25, -0.2) is 0 Å². The van der Waals surface area contributed by atoms with Crippen molar-refractivity contribution < 1.29 is 4.92 Å². The zero-order valence-electron chi connectivity index (χ0n) is 12.5. The van der Waals surface area contributed by atoms with Crippen molar-refractivity contribution in [1.82, 2.24) is 9.97 Å². The van der Waals surface area contributed by atoms with Gasteiger partial charge in [0.25, 0.3) is 0 Å². The maximum absolute atomic E-state index is 11.4. The molecule has 1 aromatic heterocycles. The standard InChI is InChI=1S/C13H21N5O2S/c1-8(2)14-11-10(18(19)20)12(17-13(16-11)21-3)15-9-6-4-5-7-9/h8-9H,4-7H2,1-3H3,(H2,14,15,16,17). The van der Waals surface area contributed by atoms with Crippen molar-refractivity contribution in [2.45, 2.75) is 56.8 Å². The van der Waals surface area contributed by atoms with E-state index in [0.29, 0.717) is 11.0 Å². The number of anilines is 2. The smallest absolute Gasteiger partial charge is 0.353 e. The van der Waals surface area contributed by atoms with Crippen molar-refractivity contribution in [3.8, 4) is 0 Å². The number of nitro groups is 1. The fraction of sp³-hybridized carbons (Fsp3) is 0.692. The first-order valence-corrected chi connectivity index (χ1v) is 8.37. The molecule has 7 nitrogen and oxygen atoms in total. The van der Waals surface area contributed by atoms with Crippen molar-refractivity contribution in [1.29, 1.82) is 0 Å². The molecule has 21 heavy (non-hydrogen) atoms. The molecule has 1 aromatic rings. The summed E-state index contributed by atoms with van der Waals surface area (Å²) in [6.07, 6.45) is 6.23. The Bertz CT molecular complexity index is 518. The molecule has 2 rings (SSSR count). The van der Waals surface area contributed by atoms with Crippen molar-refractivity contribution in [2.75, 3.05) is 16.9 Å². The lowest BCUT2D eigenvalue weighted by Gasteiger charge is -2.16. The third kappa shape index (κ3) is 3.96. The summed E-state index contributed by atoms with van der Waals surface area (Å²) in [6, 6.07) is 0.327. The fourth-order valence-electron chi connectivity index (χ4n) is 2.44. The van der Waals surface area contributed by atoms with Crippen LogP contribution < -0.4 is 10.6 Å². The van der Waals surface area contributed by atoms with Gasteiger partial charge in [0.05, 0.1) is 4.92 Å². The first-order chi connectivity index (χ1) is 10.0. The van der Waals surface area contributed by atoms with Crippen molar-refractivity contribution in [2.24, 2.45) is 0 Å². The third-order valence-electron chi connectivity index (χ3n) is 3.35. The van der Waals surface area contributed by atoms with Gasteiger partial charge in [-0.15, -0.1) is 0 Å². The average Bonchev–Trinajstić information content (AvgIpc) is 2.89. The van der Waals surface area contributed by atoms with Gasteiger partial charge in [-0.2, -0.15) is 9.97 Å². The molecule has 0 aromatic carbocycles. The van der Waals surface area contributed by atoms with E-state index in [4.69, 9.17) is 0 Å². The summed E-state index contributed by atoms with van der Waals surface area (Å²) in [7, 11) is 0. The molecule has 116 valence electrons. The Hall–Kier alpha value is -1.57. The van der Waals surface area contributed by atoms with Gasteiger partial charge in [0.15, 0.2) is 5.16 Å². The molecule has 0 unspecified atom stereocenters. The quantitative estimate of drug-likeness (QED) is 0.360. The van der Waals surface area contributed by atoms with E-state index in [-0.39, 0.29) is 23.6 Å². The van der Waals surface area contributed by atoms with Crippen LogP contribution in [0.15, 0.2) is 5.16 Å². The van der Waals surface area contributed by atoms with Crippen LogP contribution in [0.3, 0.4) is 0 Å². The summed E-state index contributed by atoms with van der Waals surface area (Å²) in [5.41, 5.74) is -0.0617. The first kappa shape index (κ1) is 15.8. The molecule has 0 radical (unpaired) electrons. The number of rotatable bonds is 6. The van der Waals surface area contributed by atoms with Gasteiger partial charge in [0, 0.05) is 12.1 Å². The summed E-state index contributed by atoms with van der Waals surface area (Å²) < 4.78 is 0. The minimum Gasteiger partial charge on any atom is -0.362 e. The van der Waals surface area contributed by atoms with E-state index in [0.717, 1.165) is 25.7 Å². The van der Waals surface area contributed by atoms with E-state index in [1.165, 1.54) is 11.8 Å². The van der Waals surface area contributed by atoms with Crippen molar-refractivity contribution in [3.05, 3.63) is 10.1 Å².